The zero-order chi connectivity index (χ0) is 14.3. The molecule has 0 bridgehead atoms. The summed E-state index contributed by atoms with van der Waals surface area (Å²) in [5.41, 5.74) is 1.12. The lowest BCUT2D eigenvalue weighted by Gasteiger charge is -2.26. The summed E-state index contributed by atoms with van der Waals surface area (Å²) >= 11 is 0. The number of carboxylic acid groups (broad SMARTS) is 1. The quantitative estimate of drug-likeness (QED) is 0.774. The summed E-state index contributed by atoms with van der Waals surface area (Å²) in [6.07, 6.45) is 0. The van der Waals surface area contributed by atoms with Gasteiger partial charge in [0.25, 0.3) is 0 Å². The third kappa shape index (κ3) is 3.99. The minimum atomic E-state index is -1.09. The monoisotopic (exact) mass is 277 g/mol. The largest absolute Gasteiger partial charge is 0.507 e. The zero-order valence-electron chi connectivity index (χ0n) is 12.5. The van der Waals surface area contributed by atoms with Crippen LogP contribution in [0.4, 0.5) is 0 Å². The normalized spacial score (nSPS) is 11.9. The van der Waals surface area contributed by atoms with Crippen LogP contribution in [-0.4, -0.2) is 33.5 Å². The summed E-state index contributed by atoms with van der Waals surface area (Å²) in [6, 6.07) is 3.47. The van der Waals surface area contributed by atoms with Crippen molar-refractivity contribution in [3.8, 4) is 5.75 Å². The number of carbonyl (C=O) groups is 1. The van der Waals surface area contributed by atoms with Crippen molar-refractivity contribution in [2.75, 3.05) is 0 Å². The Bertz CT molecular complexity index is 479. The smallest absolute Gasteiger partial charge is 0.339 e. The lowest BCUT2D eigenvalue weighted by atomic mass is 9.79. The second-order valence-electron chi connectivity index (χ2n) is 6.73. The molecule has 2 N–H and O–H groups in total. The molecule has 0 amide bonds. The first kappa shape index (κ1) is 18.0. The number of phenols is 1. The summed E-state index contributed by atoms with van der Waals surface area (Å²) in [4.78, 5) is 11.2. The van der Waals surface area contributed by atoms with E-state index in [-0.39, 0.29) is 39.5 Å². The minimum Gasteiger partial charge on any atom is -0.507 e. The van der Waals surface area contributed by atoms with Crippen LogP contribution in [0.15, 0.2) is 12.1 Å². The average Bonchev–Trinajstić information content (AvgIpc) is 2.13. The van der Waals surface area contributed by atoms with Gasteiger partial charge >= 0.3 is 5.97 Å². The van der Waals surface area contributed by atoms with Gasteiger partial charge in [-0.1, -0.05) is 47.6 Å². The number of hydrogen-bond donors (Lipinski definition) is 2. The fourth-order valence-electron chi connectivity index (χ4n) is 1.80. The third-order valence-electron chi connectivity index (χ3n) is 3.01. The van der Waals surface area contributed by atoms with Gasteiger partial charge < -0.3 is 10.2 Å². The summed E-state index contributed by atoms with van der Waals surface area (Å²) in [7, 11) is 0. The number of aromatic hydroxyl groups is 1. The zero-order valence-corrected chi connectivity index (χ0v) is 13.7. The Morgan fingerprint density at radius 2 is 1.47 bits per heavy atom. The maximum Gasteiger partial charge on any atom is 0.339 e. The molecule has 3 nitrogen and oxygen atoms in total. The fraction of sp³-hybridized carbons (Fsp3) is 0.533. The molecule has 0 heterocycles. The van der Waals surface area contributed by atoms with Crippen LogP contribution in [-0.2, 0) is 10.8 Å². The lowest BCUT2D eigenvalue weighted by molar-refractivity contribution is 0.0693. The van der Waals surface area contributed by atoms with Crippen LogP contribution < -0.4 is 0 Å². The predicted octanol–water partition coefficient (Wildman–Crippen LogP) is 3.30. The highest BCUT2D eigenvalue weighted by atomic mass is 27.0. The van der Waals surface area contributed by atoms with Crippen LogP contribution >= 0.6 is 0 Å². The maximum atomic E-state index is 11.2. The van der Waals surface area contributed by atoms with E-state index in [0.29, 0.717) is 5.56 Å². The first-order valence-corrected chi connectivity index (χ1v) is 6.06. The molecule has 4 heteroatoms. The fourth-order valence-corrected chi connectivity index (χ4v) is 1.80. The first-order chi connectivity index (χ1) is 7.94. The molecule has 0 spiro atoms. The van der Waals surface area contributed by atoms with Crippen molar-refractivity contribution in [1.29, 1.82) is 0 Å². The molecule has 1 aromatic carbocycles. The van der Waals surface area contributed by atoms with Crippen LogP contribution in [0.5, 0.6) is 5.75 Å². The van der Waals surface area contributed by atoms with E-state index < -0.39 is 5.97 Å². The standard InChI is InChI=1S/C15H22O3.Al/c1-14(2,3)9-7-10(13(17)18)12(16)11(8-9)15(4,5)6;/h7-8,16H,1-6H3,(H,17,18);. The van der Waals surface area contributed by atoms with Gasteiger partial charge in [-0.05, 0) is 22.5 Å². The molecule has 3 radical (unpaired) electrons. The molecule has 0 aliphatic carbocycles. The van der Waals surface area contributed by atoms with Gasteiger partial charge in [0.2, 0.25) is 0 Å². The summed E-state index contributed by atoms with van der Waals surface area (Å²) in [5, 5.41) is 19.3. The molecule has 0 unspecified atom stereocenters. The molecular formula is C15H22AlO3. The molecule has 1 aromatic rings. The number of aromatic carboxylic acids is 1. The first-order valence-electron chi connectivity index (χ1n) is 6.06. The van der Waals surface area contributed by atoms with Gasteiger partial charge in [0.1, 0.15) is 11.3 Å². The number of rotatable bonds is 1. The highest BCUT2D eigenvalue weighted by molar-refractivity contribution is 5.91. The Morgan fingerprint density at radius 3 is 1.79 bits per heavy atom. The number of benzene rings is 1. The van der Waals surface area contributed by atoms with Gasteiger partial charge in [0, 0.05) is 22.9 Å². The molecule has 1 rings (SSSR count). The molecule has 0 aliphatic heterocycles. The van der Waals surface area contributed by atoms with Gasteiger partial charge in [0.05, 0.1) is 0 Å². The van der Waals surface area contributed by atoms with Crippen molar-refractivity contribution in [3.63, 3.8) is 0 Å². The Morgan fingerprint density at radius 1 is 1.00 bits per heavy atom. The molecule has 0 aliphatic rings. The molecule has 0 saturated heterocycles. The Balaban J connectivity index is 0.00000324. The van der Waals surface area contributed by atoms with Gasteiger partial charge in [-0.15, -0.1) is 0 Å². The van der Waals surface area contributed by atoms with Gasteiger partial charge in [0.15, 0.2) is 0 Å². The van der Waals surface area contributed by atoms with Crippen LogP contribution in [0.3, 0.4) is 0 Å². The summed E-state index contributed by atoms with van der Waals surface area (Å²) in [6.45, 7) is 12.0. The second kappa shape index (κ2) is 5.57. The van der Waals surface area contributed by atoms with E-state index in [0.717, 1.165) is 5.56 Å². The summed E-state index contributed by atoms with van der Waals surface area (Å²) < 4.78 is 0. The van der Waals surface area contributed by atoms with Crippen molar-refractivity contribution in [1.82, 2.24) is 0 Å². The van der Waals surface area contributed by atoms with Crippen molar-refractivity contribution in [2.45, 2.75) is 52.4 Å². The van der Waals surface area contributed by atoms with Crippen molar-refractivity contribution < 1.29 is 15.0 Å². The predicted molar refractivity (Wildman–Crippen MR) is 78.2 cm³/mol. The van der Waals surface area contributed by atoms with E-state index in [1.807, 2.05) is 47.6 Å². The highest BCUT2D eigenvalue weighted by Gasteiger charge is 2.26. The van der Waals surface area contributed by atoms with E-state index in [1.165, 1.54) is 0 Å². The molecule has 0 aromatic heterocycles. The Labute approximate surface area is 125 Å². The van der Waals surface area contributed by atoms with Crippen molar-refractivity contribution >= 4 is 23.3 Å². The molecule has 0 saturated carbocycles. The Kier molecular flexibility index (Phi) is 5.28. The molecule has 19 heavy (non-hydrogen) atoms. The van der Waals surface area contributed by atoms with Crippen LogP contribution in [0.1, 0.15) is 63.0 Å². The summed E-state index contributed by atoms with van der Waals surface area (Å²) in [5.74, 6) is -1.22. The van der Waals surface area contributed by atoms with Crippen molar-refractivity contribution in [3.05, 3.63) is 28.8 Å². The van der Waals surface area contributed by atoms with Crippen LogP contribution in [0, 0.1) is 0 Å². The highest BCUT2D eigenvalue weighted by Crippen LogP contribution is 2.37. The van der Waals surface area contributed by atoms with Gasteiger partial charge in [-0.25, -0.2) is 4.79 Å². The van der Waals surface area contributed by atoms with Gasteiger partial charge in [-0.2, -0.15) is 0 Å². The van der Waals surface area contributed by atoms with E-state index in [9.17, 15) is 15.0 Å². The average molecular weight is 277 g/mol. The SMILES string of the molecule is CC(C)(C)c1cc(C(=O)O)c(O)c(C(C)(C)C)c1.[Al]. The Hall–Kier alpha value is -0.978. The van der Waals surface area contributed by atoms with E-state index in [1.54, 1.807) is 6.07 Å². The van der Waals surface area contributed by atoms with Crippen LogP contribution in [0.25, 0.3) is 0 Å². The van der Waals surface area contributed by atoms with E-state index in [2.05, 4.69) is 0 Å². The maximum absolute atomic E-state index is 11.2. The molecular weight excluding hydrogens is 255 g/mol. The third-order valence-corrected chi connectivity index (χ3v) is 3.01. The topological polar surface area (TPSA) is 57.5 Å². The van der Waals surface area contributed by atoms with Crippen molar-refractivity contribution in [2.24, 2.45) is 0 Å². The second-order valence-corrected chi connectivity index (χ2v) is 6.73. The molecule has 0 fully saturated rings. The molecule has 0 atom stereocenters. The lowest BCUT2D eigenvalue weighted by Crippen LogP contribution is -2.18. The van der Waals surface area contributed by atoms with E-state index >= 15 is 0 Å². The van der Waals surface area contributed by atoms with Crippen LogP contribution in [0.2, 0.25) is 0 Å². The molecule has 103 valence electrons. The number of hydrogen-bond acceptors (Lipinski definition) is 2. The number of carboxylic acids is 1. The van der Waals surface area contributed by atoms with Gasteiger partial charge in [-0.3, -0.25) is 0 Å². The van der Waals surface area contributed by atoms with E-state index in [4.69, 9.17) is 0 Å². The minimum absolute atomic E-state index is 0.